The number of ether oxygens (including phenoxy) is 1. The number of methoxy groups -OCH3 is 1. The summed E-state index contributed by atoms with van der Waals surface area (Å²) < 4.78 is 4.83. The maximum absolute atomic E-state index is 12.1. The Labute approximate surface area is 172 Å². The molecular formula is C23H28N2O4. The van der Waals surface area contributed by atoms with E-state index in [2.05, 4.69) is 36.3 Å². The van der Waals surface area contributed by atoms with Gasteiger partial charge in [-0.2, -0.15) is 0 Å². The van der Waals surface area contributed by atoms with Gasteiger partial charge in [-0.25, -0.2) is 4.79 Å². The Morgan fingerprint density at radius 3 is 2.45 bits per heavy atom. The van der Waals surface area contributed by atoms with Crippen molar-refractivity contribution >= 4 is 17.4 Å². The Morgan fingerprint density at radius 2 is 1.79 bits per heavy atom. The summed E-state index contributed by atoms with van der Waals surface area (Å²) in [4.78, 5) is 22.6. The average Bonchev–Trinajstić information content (AvgIpc) is 2.72. The summed E-state index contributed by atoms with van der Waals surface area (Å²) in [5.41, 5.74) is 5.46. The highest BCUT2D eigenvalue weighted by atomic mass is 16.6. The molecule has 154 valence electrons. The summed E-state index contributed by atoms with van der Waals surface area (Å²) in [7, 11) is 2.69. The molecule has 29 heavy (non-hydrogen) atoms. The molecule has 0 aliphatic carbocycles. The number of esters is 1. The van der Waals surface area contributed by atoms with Gasteiger partial charge in [0.25, 0.3) is 0 Å². The van der Waals surface area contributed by atoms with E-state index >= 15 is 0 Å². The van der Waals surface area contributed by atoms with Gasteiger partial charge in [-0.1, -0.05) is 60.6 Å². The van der Waals surface area contributed by atoms with Gasteiger partial charge in [0.2, 0.25) is 0 Å². The van der Waals surface area contributed by atoms with Crippen LogP contribution in [0.5, 0.6) is 0 Å². The number of aryl methyl sites for hydroxylation is 1. The SMILES string of the molecule is CO/N=C(/C(=O)OC)c1cccc(C)c1CO/N=C(\C)c1cccc(C(C)C)c1. The van der Waals surface area contributed by atoms with Crippen LogP contribution in [0.1, 0.15) is 54.5 Å². The molecular weight excluding hydrogens is 368 g/mol. The molecule has 0 unspecified atom stereocenters. The van der Waals surface area contributed by atoms with Crippen LogP contribution in [-0.2, 0) is 25.8 Å². The molecule has 2 aromatic rings. The third kappa shape index (κ3) is 5.67. The lowest BCUT2D eigenvalue weighted by Crippen LogP contribution is -2.20. The topological polar surface area (TPSA) is 69.5 Å². The molecule has 2 aromatic carbocycles. The third-order valence-electron chi connectivity index (χ3n) is 4.61. The Balaban J connectivity index is 2.27. The van der Waals surface area contributed by atoms with Crippen molar-refractivity contribution in [3.05, 3.63) is 70.3 Å². The van der Waals surface area contributed by atoms with Gasteiger partial charge in [0.05, 0.1) is 12.8 Å². The minimum atomic E-state index is -0.580. The van der Waals surface area contributed by atoms with E-state index in [1.807, 2.05) is 38.1 Å². The van der Waals surface area contributed by atoms with Crippen molar-refractivity contribution < 1.29 is 19.2 Å². The van der Waals surface area contributed by atoms with Crippen LogP contribution in [0.15, 0.2) is 52.8 Å². The molecule has 0 radical (unpaired) electrons. The Bertz CT molecular complexity index is 917. The second-order valence-electron chi connectivity index (χ2n) is 6.95. The fourth-order valence-corrected chi connectivity index (χ4v) is 2.87. The molecule has 0 atom stereocenters. The van der Waals surface area contributed by atoms with E-state index in [0.717, 1.165) is 22.4 Å². The van der Waals surface area contributed by atoms with Gasteiger partial charge in [0.15, 0.2) is 5.71 Å². The molecule has 0 heterocycles. The molecule has 0 fully saturated rings. The number of oxime groups is 2. The molecule has 0 aliphatic heterocycles. The molecule has 0 saturated heterocycles. The molecule has 0 aromatic heterocycles. The van der Waals surface area contributed by atoms with Gasteiger partial charge in [0, 0.05) is 11.1 Å². The fraction of sp³-hybridized carbons (Fsp3) is 0.348. The number of carbonyl (C=O) groups is 1. The Morgan fingerprint density at radius 1 is 1.07 bits per heavy atom. The van der Waals surface area contributed by atoms with E-state index in [1.54, 1.807) is 6.07 Å². The zero-order chi connectivity index (χ0) is 21.4. The zero-order valence-electron chi connectivity index (χ0n) is 17.9. The number of hydrogen-bond donors (Lipinski definition) is 0. The quantitative estimate of drug-likeness (QED) is 0.372. The van der Waals surface area contributed by atoms with Crippen molar-refractivity contribution in [1.82, 2.24) is 0 Å². The van der Waals surface area contributed by atoms with Crippen LogP contribution in [0.3, 0.4) is 0 Å². The van der Waals surface area contributed by atoms with E-state index in [9.17, 15) is 4.79 Å². The van der Waals surface area contributed by atoms with E-state index in [1.165, 1.54) is 19.8 Å². The summed E-state index contributed by atoms with van der Waals surface area (Å²) in [6.45, 7) is 8.34. The zero-order valence-corrected chi connectivity index (χ0v) is 17.9. The Kier molecular flexibility index (Phi) is 7.95. The molecule has 0 saturated carbocycles. The van der Waals surface area contributed by atoms with E-state index < -0.39 is 5.97 Å². The first-order valence-electron chi connectivity index (χ1n) is 9.44. The first-order valence-corrected chi connectivity index (χ1v) is 9.44. The number of hydrogen-bond acceptors (Lipinski definition) is 6. The molecule has 0 amide bonds. The van der Waals surface area contributed by atoms with Crippen LogP contribution in [0.2, 0.25) is 0 Å². The number of nitrogens with zero attached hydrogens (tertiary/aromatic N) is 2. The monoisotopic (exact) mass is 396 g/mol. The van der Waals surface area contributed by atoms with Crippen LogP contribution in [0.4, 0.5) is 0 Å². The van der Waals surface area contributed by atoms with Crippen LogP contribution < -0.4 is 0 Å². The predicted octanol–water partition coefficient (Wildman–Crippen LogP) is 4.58. The normalized spacial score (nSPS) is 12.1. The smallest absolute Gasteiger partial charge is 0.360 e. The van der Waals surface area contributed by atoms with Gasteiger partial charge >= 0.3 is 5.97 Å². The number of benzene rings is 2. The summed E-state index contributed by atoms with van der Waals surface area (Å²) in [5, 5.41) is 8.11. The van der Waals surface area contributed by atoms with E-state index in [4.69, 9.17) is 14.4 Å². The maximum Gasteiger partial charge on any atom is 0.360 e. The van der Waals surface area contributed by atoms with Crippen molar-refractivity contribution in [2.75, 3.05) is 14.2 Å². The molecule has 6 heteroatoms. The van der Waals surface area contributed by atoms with Gasteiger partial charge in [-0.15, -0.1) is 0 Å². The summed E-state index contributed by atoms with van der Waals surface area (Å²) >= 11 is 0. The minimum Gasteiger partial charge on any atom is -0.464 e. The second-order valence-corrected chi connectivity index (χ2v) is 6.95. The lowest BCUT2D eigenvalue weighted by Gasteiger charge is -2.13. The lowest BCUT2D eigenvalue weighted by atomic mass is 9.99. The van der Waals surface area contributed by atoms with Gasteiger partial charge in [-0.3, -0.25) is 0 Å². The predicted molar refractivity (Wildman–Crippen MR) is 114 cm³/mol. The van der Waals surface area contributed by atoms with E-state index in [0.29, 0.717) is 11.5 Å². The molecule has 0 bridgehead atoms. The highest BCUT2D eigenvalue weighted by Crippen LogP contribution is 2.19. The van der Waals surface area contributed by atoms with E-state index in [-0.39, 0.29) is 12.3 Å². The molecule has 0 N–H and O–H groups in total. The summed E-state index contributed by atoms with van der Waals surface area (Å²) in [6.07, 6.45) is 0. The Hall–Kier alpha value is -3.15. The molecule has 6 nitrogen and oxygen atoms in total. The first-order chi connectivity index (χ1) is 13.9. The number of rotatable bonds is 8. The lowest BCUT2D eigenvalue weighted by molar-refractivity contribution is -0.132. The molecule has 2 rings (SSSR count). The minimum absolute atomic E-state index is 0.0858. The second kappa shape index (κ2) is 10.4. The highest BCUT2D eigenvalue weighted by Gasteiger charge is 2.20. The third-order valence-corrected chi connectivity index (χ3v) is 4.61. The van der Waals surface area contributed by atoms with Gasteiger partial charge in [-0.05, 0) is 42.5 Å². The number of carbonyl (C=O) groups excluding carboxylic acids is 1. The average molecular weight is 396 g/mol. The highest BCUT2D eigenvalue weighted by molar-refractivity contribution is 6.43. The van der Waals surface area contributed by atoms with Crippen molar-refractivity contribution in [3.8, 4) is 0 Å². The van der Waals surface area contributed by atoms with Crippen LogP contribution in [0.25, 0.3) is 0 Å². The van der Waals surface area contributed by atoms with Gasteiger partial charge < -0.3 is 14.4 Å². The van der Waals surface area contributed by atoms with Crippen molar-refractivity contribution in [2.45, 2.75) is 40.2 Å². The van der Waals surface area contributed by atoms with Gasteiger partial charge in [0.1, 0.15) is 13.7 Å². The van der Waals surface area contributed by atoms with Crippen molar-refractivity contribution in [2.24, 2.45) is 10.3 Å². The fourth-order valence-electron chi connectivity index (χ4n) is 2.87. The molecule has 0 spiro atoms. The van der Waals surface area contributed by atoms with Crippen molar-refractivity contribution in [3.63, 3.8) is 0 Å². The van der Waals surface area contributed by atoms with Crippen LogP contribution in [0, 0.1) is 6.92 Å². The largest absolute Gasteiger partial charge is 0.464 e. The molecule has 0 aliphatic rings. The standard InChI is InChI=1S/C23H28N2O4/c1-15(2)18-10-8-11-19(13-18)17(4)24-29-14-21-16(3)9-7-12-20(21)22(25-28-6)23(26)27-5/h7-13,15H,14H2,1-6H3/b24-17+,25-22+. The van der Waals surface area contributed by atoms with Crippen molar-refractivity contribution in [1.29, 1.82) is 0 Å². The summed E-state index contributed by atoms with van der Waals surface area (Å²) in [5.74, 6) is -0.140. The van der Waals surface area contributed by atoms with Crippen LogP contribution >= 0.6 is 0 Å². The first kappa shape index (κ1) is 22.1. The summed E-state index contributed by atoms with van der Waals surface area (Å²) in [6, 6.07) is 13.8. The maximum atomic E-state index is 12.1. The van der Waals surface area contributed by atoms with Crippen LogP contribution in [-0.4, -0.2) is 31.6 Å².